The summed E-state index contributed by atoms with van der Waals surface area (Å²) in [6, 6.07) is 0. The third-order valence-electron chi connectivity index (χ3n) is 0. The summed E-state index contributed by atoms with van der Waals surface area (Å²) in [6.45, 7) is 0. The zero-order chi connectivity index (χ0) is 8.12. The van der Waals surface area contributed by atoms with Crippen LogP contribution >= 0.6 is 0 Å². The van der Waals surface area contributed by atoms with Crippen LogP contribution in [0, 0.1) is 35.6 Å². The Balaban J connectivity index is -0.0000000257. The molecule has 0 heterocycles. The van der Waals surface area contributed by atoms with Gasteiger partial charge >= 0.3 is 86.8 Å². The maximum atomic E-state index is 8.25. The van der Waals surface area contributed by atoms with E-state index in [1.165, 1.54) is 0 Å². The van der Waals surface area contributed by atoms with E-state index in [0.717, 1.165) is 0 Å². The Morgan fingerprint density at radius 2 is 0.700 bits per heavy atom. The molecule has 0 rings (SSSR count). The smallest absolute Gasteiger partial charge is 3.00 e. The number of hydrogen-bond donors (Lipinski definition) is 0. The Morgan fingerprint density at radius 3 is 0.700 bits per heavy atom. The van der Waals surface area contributed by atoms with Crippen molar-refractivity contribution >= 4 is 22.1 Å². The summed E-state index contributed by atoms with van der Waals surface area (Å²) >= 11 is 0. The van der Waals surface area contributed by atoms with Crippen molar-refractivity contribution in [2.75, 3.05) is 0 Å². The van der Waals surface area contributed by atoms with Crippen molar-refractivity contribution in [2.24, 2.45) is 0 Å². The quantitative estimate of drug-likeness (QED) is 0.405. The van der Waals surface area contributed by atoms with Crippen molar-refractivity contribution < 1.29 is 64.8 Å². The largest absolute Gasteiger partial charge is 3.00 e. The van der Waals surface area contributed by atoms with Crippen LogP contribution in [0.25, 0.3) is 0 Å². The third kappa shape index (κ3) is 11800. The Kier molecular flexibility index (Phi) is 136. The fourth-order valence-corrected chi connectivity index (χ4v) is 0. The normalized spacial score (nSPS) is 2.40. The van der Waals surface area contributed by atoms with Crippen molar-refractivity contribution in [1.82, 2.24) is 0 Å². The molecule has 0 aliphatic rings. The first-order valence-electron chi connectivity index (χ1n) is 1.41. The van der Waals surface area contributed by atoms with Gasteiger partial charge in [0.15, 0.2) is 0 Å². The van der Waals surface area contributed by atoms with Crippen molar-refractivity contribution in [3.63, 3.8) is 0 Å². The van der Waals surface area contributed by atoms with Crippen molar-refractivity contribution in [2.45, 2.75) is 0 Å². The van der Waals surface area contributed by atoms with Gasteiger partial charge in [-0.2, -0.15) is 0 Å². The van der Waals surface area contributed by atoms with Crippen LogP contribution in [0.2, 0.25) is 0 Å². The molecule has 0 radical (unpaired) electrons. The molecule has 0 aromatic rings. The summed E-state index contributed by atoms with van der Waals surface area (Å²) < 4.78 is 24.8. The maximum absolute atomic E-state index is 8.25. The van der Waals surface area contributed by atoms with E-state index in [1.807, 2.05) is 0 Å². The first-order valence-corrected chi connectivity index (χ1v) is 1.41. The summed E-state index contributed by atoms with van der Waals surface area (Å²) in [6.07, 6.45) is 0. The molecule has 0 spiro atoms. The van der Waals surface area contributed by atoms with Gasteiger partial charge in [-0.25, -0.2) is 0 Å². The van der Waals surface area contributed by atoms with Gasteiger partial charge < -0.3 is 0 Å². The van der Waals surface area contributed by atoms with E-state index in [2.05, 4.69) is 0 Å². The van der Waals surface area contributed by atoms with Crippen LogP contribution in [-0.2, 0) is 14.1 Å². The summed E-state index contributed by atoms with van der Waals surface area (Å²) in [7, 11) is -1.50. The van der Waals surface area contributed by atoms with E-state index >= 15 is 0 Å². The van der Waals surface area contributed by atoms with E-state index in [4.69, 9.17) is 29.2 Å². The maximum Gasteiger partial charge on any atom is 3.00 e. The van der Waals surface area contributed by atoms with Crippen LogP contribution in [0.15, 0.2) is 0 Å². The molecule has 0 saturated carbocycles. The van der Waals surface area contributed by atoms with Gasteiger partial charge in [0.05, 0.1) is 0 Å². The molecular weight excluding hydrogens is 267 g/mol. The number of hydrogen-bond acceptors (Lipinski definition) is 6. The molecule has 0 atom stereocenters. The summed E-state index contributed by atoms with van der Waals surface area (Å²) in [4.78, 5) is 0. The Hall–Kier alpha value is 0.190. The van der Waals surface area contributed by atoms with Crippen LogP contribution < -0.4 is 15.1 Å². The van der Waals surface area contributed by atoms with Crippen molar-refractivity contribution in [3.8, 4) is 0 Å². The molecule has 0 fully saturated rings. The molecule has 0 aliphatic carbocycles. The monoisotopic (exact) mass is 268 g/mol. The van der Waals surface area contributed by atoms with Gasteiger partial charge in [-0.1, -0.05) is 0 Å². The molecule has 10 heteroatoms. The Labute approximate surface area is 86.5 Å². The fraction of sp³-hybridized carbons (Fsp3) is 0. The second-order valence-electron chi connectivity index (χ2n) is 0.289. The molecule has 0 aliphatic heterocycles. The molecular formula is B3LaO6. The average Bonchev–Trinajstić information content (AvgIpc) is 1.70. The minimum atomic E-state index is -0.500. The molecule has 10 heavy (non-hydrogen) atoms. The Bertz CT molecular complexity index is 49.7. The van der Waals surface area contributed by atoms with E-state index < -0.39 is 22.1 Å². The van der Waals surface area contributed by atoms with Crippen LogP contribution in [0.3, 0.4) is 0 Å². The van der Waals surface area contributed by atoms with Crippen LogP contribution in [0.4, 0.5) is 0 Å². The molecule has 0 unspecified atom stereocenters. The SMILES string of the molecule is O=B[O-].O=B[O-].O=B[O-].[La+3]. The minimum Gasteiger partial charge on any atom is 3.00 e. The van der Waals surface area contributed by atoms with E-state index in [9.17, 15) is 0 Å². The molecule has 0 amide bonds. The molecule has 6 nitrogen and oxygen atoms in total. The predicted molar refractivity (Wildman–Crippen MR) is 19.3 cm³/mol. The summed E-state index contributed by atoms with van der Waals surface area (Å²) in [5, 5.41) is 24.8. The summed E-state index contributed by atoms with van der Waals surface area (Å²) in [5.74, 6) is 0. The molecule has 48 valence electrons. The zero-order valence-electron chi connectivity index (χ0n) is 4.76. The first kappa shape index (κ1) is 22.5. The van der Waals surface area contributed by atoms with Crippen LogP contribution in [-0.4, -0.2) is 22.1 Å². The first-order chi connectivity index (χ1) is 4.24. The van der Waals surface area contributed by atoms with E-state index in [1.54, 1.807) is 0 Å². The van der Waals surface area contributed by atoms with Gasteiger partial charge in [-0.05, 0) is 0 Å². The van der Waals surface area contributed by atoms with Gasteiger partial charge in [0.25, 0.3) is 0 Å². The second-order valence-corrected chi connectivity index (χ2v) is 0.289. The molecule has 0 saturated heterocycles. The van der Waals surface area contributed by atoms with E-state index in [0.29, 0.717) is 0 Å². The number of rotatable bonds is 0. The molecule has 0 bridgehead atoms. The molecule has 0 aromatic heterocycles. The zero-order valence-corrected chi connectivity index (χ0v) is 8.38. The molecule has 0 N–H and O–H groups in total. The van der Waals surface area contributed by atoms with Crippen molar-refractivity contribution in [3.05, 3.63) is 0 Å². The van der Waals surface area contributed by atoms with Crippen LogP contribution in [0.5, 0.6) is 0 Å². The average molecular weight is 267 g/mol. The van der Waals surface area contributed by atoms with Crippen molar-refractivity contribution in [1.29, 1.82) is 0 Å². The van der Waals surface area contributed by atoms with Gasteiger partial charge in [0, 0.05) is 0 Å². The predicted octanol–water partition coefficient (Wildman–Crippen LogP) is -5.07. The van der Waals surface area contributed by atoms with Gasteiger partial charge in [0.2, 0.25) is 0 Å². The Morgan fingerprint density at radius 1 is 0.700 bits per heavy atom. The minimum absolute atomic E-state index is 0. The second kappa shape index (κ2) is 60.6. The topological polar surface area (TPSA) is 120 Å². The fourth-order valence-electron chi connectivity index (χ4n) is 0. The van der Waals surface area contributed by atoms with Gasteiger partial charge in [-0.15, -0.1) is 0 Å². The third-order valence-corrected chi connectivity index (χ3v) is 0. The van der Waals surface area contributed by atoms with E-state index in [-0.39, 0.29) is 35.6 Å². The summed E-state index contributed by atoms with van der Waals surface area (Å²) in [5.41, 5.74) is 0. The van der Waals surface area contributed by atoms with Crippen LogP contribution in [0.1, 0.15) is 0 Å². The van der Waals surface area contributed by atoms with Gasteiger partial charge in [-0.3, -0.25) is 0 Å². The standard InChI is InChI=1S/3BO2.La/c3*2-1-3;/q3*-1;+3. The van der Waals surface area contributed by atoms with Gasteiger partial charge in [0.1, 0.15) is 0 Å². The molecule has 0 aromatic carbocycles.